The lowest BCUT2D eigenvalue weighted by Crippen LogP contribution is -2.46. The van der Waals surface area contributed by atoms with Crippen molar-refractivity contribution in [3.05, 3.63) is 29.3 Å². The summed E-state index contributed by atoms with van der Waals surface area (Å²) < 4.78 is 10.2. The van der Waals surface area contributed by atoms with E-state index in [1.807, 2.05) is 0 Å². The maximum atomic E-state index is 12.5. The molecule has 7 nitrogen and oxygen atoms in total. The molecule has 0 aliphatic carbocycles. The lowest BCUT2D eigenvalue weighted by atomic mass is 10.1. The van der Waals surface area contributed by atoms with Crippen LogP contribution in [-0.4, -0.2) is 61.3 Å². The molecule has 0 aromatic heterocycles. The molecular formula is C15H20N2O5. The van der Waals surface area contributed by atoms with E-state index < -0.39 is 5.97 Å². The Morgan fingerprint density at radius 1 is 1.41 bits per heavy atom. The van der Waals surface area contributed by atoms with Crippen molar-refractivity contribution in [3.63, 3.8) is 0 Å². The average Bonchev–Trinajstić information content (AvgIpc) is 2.53. The van der Waals surface area contributed by atoms with Crippen LogP contribution in [0.4, 0.5) is 0 Å². The Hall–Kier alpha value is -2.12. The van der Waals surface area contributed by atoms with Gasteiger partial charge in [-0.3, -0.25) is 4.79 Å². The summed E-state index contributed by atoms with van der Waals surface area (Å²) >= 11 is 0. The SMILES string of the molecule is COC(=O)c1cc(O)cc(C(=O)N2CCO[C@H](CCN)C2)c1. The number of carbonyl (C=O) groups is 2. The van der Waals surface area contributed by atoms with E-state index in [-0.39, 0.29) is 28.9 Å². The van der Waals surface area contributed by atoms with E-state index >= 15 is 0 Å². The molecule has 1 amide bonds. The third-order valence-corrected chi connectivity index (χ3v) is 3.50. The smallest absolute Gasteiger partial charge is 0.338 e. The minimum Gasteiger partial charge on any atom is -0.508 e. The van der Waals surface area contributed by atoms with Crippen molar-refractivity contribution >= 4 is 11.9 Å². The highest BCUT2D eigenvalue weighted by Crippen LogP contribution is 2.19. The Labute approximate surface area is 128 Å². The molecule has 1 fully saturated rings. The lowest BCUT2D eigenvalue weighted by Gasteiger charge is -2.33. The van der Waals surface area contributed by atoms with E-state index in [1.54, 1.807) is 4.90 Å². The number of nitrogens with zero attached hydrogens (tertiary/aromatic N) is 1. The van der Waals surface area contributed by atoms with Gasteiger partial charge >= 0.3 is 5.97 Å². The molecule has 0 bridgehead atoms. The standard InChI is InChI=1S/C15H20N2O5/c1-21-15(20)11-6-10(7-12(18)8-11)14(19)17-4-5-22-13(9-17)2-3-16/h6-8,13,18H,2-5,9,16H2,1H3/t13-/m1/s1. The van der Waals surface area contributed by atoms with Gasteiger partial charge in [-0.25, -0.2) is 4.79 Å². The predicted molar refractivity (Wildman–Crippen MR) is 78.8 cm³/mol. The van der Waals surface area contributed by atoms with Gasteiger partial charge in [0.05, 0.1) is 25.4 Å². The molecule has 3 N–H and O–H groups in total. The van der Waals surface area contributed by atoms with Crippen molar-refractivity contribution in [2.24, 2.45) is 5.73 Å². The fourth-order valence-corrected chi connectivity index (χ4v) is 2.42. The number of phenols is 1. The molecule has 1 aliphatic heterocycles. The third kappa shape index (κ3) is 3.75. The van der Waals surface area contributed by atoms with Crippen LogP contribution < -0.4 is 5.73 Å². The number of ether oxygens (including phenoxy) is 2. The number of hydrogen-bond donors (Lipinski definition) is 2. The molecule has 1 saturated heterocycles. The van der Waals surface area contributed by atoms with Crippen molar-refractivity contribution in [1.82, 2.24) is 4.90 Å². The van der Waals surface area contributed by atoms with Gasteiger partial charge < -0.3 is 25.2 Å². The molecule has 0 saturated carbocycles. The minimum atomic E-state index is -0.604. The molecule has 22 heavy (non-hydrogen) atoms. The van der Waals surface area contributed by atoms with Crippen LogP contribution in [0.5, 0.6) is 5.75 Å². The molecule has 1 atom stereocenters. The third-order valence-electron chi connectivity index (χ3n) is 3.50. The molecule has 0 radical (unpaired) electrons. The highest BCUT2D eigenvalue weighted by Gasteiger charge is 2.25. The van der Waals surface area contributed by atoms with Crippen LogP contribution >= 0.6 is 0 Å². The first-order valence-electron chi connectivity index (χ1n) is 7.08. The van der Waals surface area contributed by atoms with E-state index in [0.29, 0.717) is 32.7 Å². The van der Waals surface area contributed by atoms with Gasteiger partial charge in [0.1, 0.15) is 5.75 Å². The number of amides is 1. The number of hydrogen-bond acceptors (Lipinski definition) is 6. The molecule has 7 heteroatoms. The molecule has 120 valence electrons. The van der Waals surface area contributed by atoms with Gasteiger partial charge in [-0.05, 0) is 31.2 Å². The number of morpholine rings is 1. The summed E-state index contributed by atoms with van der Waals surface area (Å²) in [5.74, 6) is -1.02. The van der Waals surface area contributed by atoms with Crippen molar-refractivity contribution in [2.45, 2.75) is 12.5 Å². The quantitative estimate of drug-likeness (QED) is 0.779. The summed E-state index contributed by atoms with van der Waals surface area (Å²) in [7, 11) is 1.24. The predicted octanol–water partition coefficient (Wildman–Crippen LogP) is 0.369. The summed E-state index contributed by atoms with van der Waals surface area (Å²) in [6, 6.07) is 4.02. The van der Waals surface area contributed by atoms with Crippen molar-refractivity contribution < 1.29 is 24.2 Å². The normalized spacial score (nSPS) is 18.1. The van der Waals surface area contributed by atoms with Gasteiger partial charge in [0, 0.05) is 18.7 Å². The summed E-state index contributed by atoms with van der Waals surface area (Å²) in [5.41, 5.74) is 5.89. The molecule has 0 spiro atoms. The summed E-state index contributed by atoms with van der Waals surface area (Å²) in [6.07, 6.45) is 0.595. The first-order chi connectivity index (χ1) is 10.5. The van der Waals surface area contributed by atoms with E-state index in [2.05, 4.69) is 4.74 Å². The molecule has 2 rings (SSSR count). The second-order valence-electron chi connectivity index (χ2n) is 5.08. The van der Waals surface area contributed by atoms with Crippen molar-refractivity contribution in [1.29, 1.82) is 0 Å². The number of aromatic hydroxyl groups is 1. The molecule has 1 aromatic carbocycles. The maximum Gasteiger partial charge on any atom is 0.338 e. The zero-order chi connectivity index (χ0) is 16.1. The highest BCUT2D eigenvalue weighted by molar-refractivity contribution is 5.98. The molecule has 1 heterocycles. The van der Waals surface area contributed by atoms with E-state index in [9.17, 15) is 14.7 Å². The van der Waals surface area contributed by atoms with Gasteiger partial charge in [-0.2, -0.15) is 0 Å². The number of nitrogens with two attached hydrogens (primary N) is 1. The Balaban J connectivity index is 2.18. The number of rotatable bonds is 4. The molecular weight excluding hydrogens is 288 g/mol. The Morgan fingerprint density at radius 3 is 2.82 bits per heavy atom. The minimum absolute atomic E-state index is 0.0833. The average molecular weight is 308 g/mol. The molecule has 1 aliphatic rings. The fraction of sp³-hybridized carbons (Fsp3) is 0.467. The zero-order valence-electron chi connectivity index (χ0n) is 12.4. The maximum absolute atomic E-state index is 12.5. The van der Waals surface area contributed by atoms with Gasteiger partial charge in [0.25, 0.3) is 5.91 Å². The number of phenolic OH excluding ortho intramolecular Hbond substituents is 1. The molecule has 1 aromatic rings. The van der Waals surface area contributed by atoms with Gasteiger partial charge in [-0.15, -0.1) is 0 Å². The first-order valence-corrected chi connectivity index (χ1v) is 7.08. The lowest BCUT2D eigenvalue weighted by molar-refractivity contribution is -0.0236. The number of benzene rings is 1. The topological polar surface area (TPSA) is 102 Å². The van der Waals surface area contributed by atoms with E-state index in [0.717, 1.165) is 0 Å². The number of methoxy groups -OCH3 is 1. The Morgan fingerprint density at radius 2 is 2.14 bits per heavy atom. The van der Waals surface area contributed by atoms with Crippen LogP contribution in [0.2, 0.25) is 0 Å². The van der Waals surface area contributed by atoms with Crippen LogP contribution in [0.1, 0.15) is 27.1 Å². The second-order valence-corrected chi connectivity index (χ2v) is 5.08. The second kappa shape index (κ2) is 7.24. The Bertz CT molecular complexity index is 559. The monoisotopic (exact) mass is 308 g/mol. The van der Waals surface area contributed by atoms with Gasteiger partial charge in [-0.1, -0.05) is 0 Å². The van der Waals surface area contributed by atoms with Gasteiger partial charge in [0.2, 0.25) is 0 Å². The first kappa shape index (κ1) is 16.3. The van der Waals surface area contributed by atoms with Crippen LogP contribution in [0.3, 0.4) is 0 Å². The zero-order valence-corrected chi connectivity index (χ0v) is 12.4. The Kier molecular flexibility index (Phi) is 5.35. The fourth-order valence-electron chi connectivity index (χ4n) is 2.42. The van der Waals surface area contributed by atoms with E-state index in [1.165, 1.54) is 25.3 Å². The van der Waals surface area contributed by atoms with Crippen molar-refractivity contribution in [3.8, 4) is 5.75 Å². The summed E-state index contributed by atoms with van der Waals surface area (Å²) in [6.45, 7) is 1.84. The highest BCUT2D eigenvalue weighted by atomic mass is 16.5. The number of carbonyl (C=O) groups excluding carboxylic acids is 2. The van der Waals surface area contributed by atoms with E-state index in [4.69, 9.17) is 10.5 Å². The number of esters is 1. The molecule has 0 unspecified atom stereocenters. The van der Waals surface area contributed by atoms with Crippen LogP contribution in [-0.2, 0) is 9.47 Å². The largest absolute Gasteiger partial charge is 0.508 e. The van der Waals surface area contributed by atoms with Crippen LogP contribution in [0.25, 0.3) is 0 Å². The summed E-state index contributed by atoms with van der Waals surface area (Å²) in [5, 5.41) is 9.70. The summed E-state index contributed by atoms with van der Waals surface area (Å²) in [4.78, 5) is 25.7. The van der Waals surface area contributed by atoms with Crippen LogP contribution in [0, 0.1) is 0 Å². The van der Waals surface area contributed by atoms with Crippen molar-refractivity contribution in [2.75, 3.05) is 33.4 Å². The van der Waals surface area contributed by atoms with Gasteiger partial charge in [0.15, 0.2) is 0 Å². The van der Waals surface area contributed by atoms with Crippen LogP contribution in [0.15, 0.2) is 18.2 Å².